The van der Waals surface area contributed by atoms with E-state index in [0.29, 0.717) is 17.9 Å². The summed E-state index contributed by atoms with van der Waals surface area (Å²) in [4.78, 5) is 24.4. The summed E-state index contributed by atoms with van der Waals surface area (Å²) in [6.07, 6.45) is 4.98. The Morgan fingerprint density at radius 2 is 1.78 bits per heavy atom. The third-order valence-corrected chi connectivity index (χ3v) is 7.14. The summed E-state index contributed by atoms with van der Waals surface area (Å²) in [5, 5.41) is 3.27. The first kappa shape index (κ1) is 20.1. The first-order valence-corrected chi connectivity index (χ1v) is 10.9. The van der Waals surface area contributed by atoms with Crippen LogP contribution in [-0.4, -0.2) is 49.8 Å². The fourth-order valence-electron chi connectivity index (χ4n) is 3.58. The average molecular weight is 415 g/mol. The molecule has 1 aromatic rings. The zero-order valence-corrected chi connectivity index (χ0v) is 16.5. The number of amides is 1. The Bertz CT molecular complexity index is 790. The Hall–Kier alpha value is -1.64. The molecule has 1 aromatic carbocycles. The van der Waals surface area contributed by atoms with Crippen LogP contribution >= 0.6 is 11.6 Å². The summed E-state index contributed by atoms with van der Waals surface area (Å²) in [5.74, 6) is -1.04. The van der Waals surface area contributed by atoms with Crippen molar-refractivity contribution in [3.8, 4) is 0 Å². The van der Waals surface area contributed by atoms with Crippen LogP contribution in [0.25, 0.3) is 0 Å². The molecular weight excluding hydrogens is 392 g/mol. The molecule has 1 atom stereocenters. The van der Waals surface area contributed by atoms with E-state index in [1.807, 2.05) is 0 Å². The normalized spacial score (nSPS) is 21.3. The van der Waals surface area contributed by atoms with Gasteiger partial charge in [0.1, 0.15) is 6.04 Å². The lowest BCUT2D eigenvalue weighted by molar-refractivity contribution is -0.151. The van der Waals surface area contributed by atoms with E-state index in [2.05, 4.69) is 5.32 Å². The highest BCUT2D eigenvalue weighted by atomic mass is 35.5. The lowest BCUT2D eigenvalue weighted by Gasteiger charge is -2.23. The Balaban J connectivity index is 1.60. The summed E-state index contributed by atoms with van der Waals surface area (Å²) in [6, 6.07) is 5.03. The SMILES string of the molecule is O=C(COC(=O)C1CCCN1S(=O)(=O)c1ccc(Cl)cc1)NC1CCCC1. The van der Waals surface area contributed by atoms with Crippen molar-refractivity contribution < 1.29 is 22.7 Å². The maximum Gasteiger partial charge on any atom is 0.324 e. The molecule has 2 fully saturated rings. The highest BCUT2D eigenvalue weighted by Gasteiger charge is 2.40. The van der Waals surface area contributed by atoms with Crippen LogP contribution in [0.5, 0.6) is 0 Å². The van der Waals surface area contributed by atoms with Gasteiger partial charge in [0.2, 0.25) is 10.0 Å². The van der Waals surface area contributed by atoms with Gasteiger partial charge < -0.3 is 10.1 Å². The molecule has 0 bridgehead atoms. The number of esters is 1. The number of ether oxygens (including phenoxy) is 1. The Labute approximate surface area is 164 Å². The molecule has 27 heavy (non-hydrogen) atoms. The highest BCUT2D eigenvalue weighted by molar-refractivity contribution is 7.89. The van der Waals surface area contributed by atoms with Gasteiger partial charge in [0.15, 0.2) is 6.61 Å². The van der Waals surface area contributed by atoms with Gasteiger partial charge in [-0.15, -0.1) is 0 Å². The lowest BCUT2D eigenvalue weighted by atomic mass is 10.2. The molecule has 1 saturated carbocycles. The number of hydrogen-bond acceptors (Lipinski definition) is 5. The Morgan fingerprint density at radius 3 is 2.44 bits per heavy atom. The third kappa shape index (κ3) is 4.80. The molecule has 1 aliphatic carbocycles. The summed E-state index contributed by atoms with van der Waals surface area (Å²) in [7, 11) is -3.83. The van der Waals surface area contributed by atoms with Gasteiger partial charge in [-0.2, -0.15) is 4.31 Å². The molecule has 148 valence electrons. The summed E-state index contributed by atoms with van der Waals surface area (Å²) in [6.45, 7) is -0.153. The van der Waals surface area contributed by atoms with Crippen LogP contribution in [0.3, 0.4) is 0 Å². The van der Waals surface area contributed by atoms with Gasteiger partial charge in [-0.05, 0) is 49.9 Å². The summed E-state index contributed by atoms with van der Waals surface area (Å²) < 4.78 is 31.9. The molecule has 7 nitrogen and oxygen atoms in total. The molecule has 1 aliphatic heterocycles. The van der Waals surface area contributed by atoms with E-state index in [1.165, 1.54) is 24.3 Å². The first-order chi connectivity index (χ1) is 12.9. The monoisotopic (exact) mass is 414 g/mol. The number of carbonyl (C=O) groups is 2. The number of hydrogen-bond donors (Lipinski definition) is 1. The molecule has 9 heteroatoms. The van der Waals surface area contributed by atoms with Crippen molar-refractivity contribution in [1.82, 2.24) is 9.62 Å². The van der Waals surface area contributed by atoms with Crippen LogP contribution in [0.2, 0.25) is 5.02 Å². The predicted octanol–water partition coefficient (Wildman–Crippen LogP) is 2.10. The molecular formula is C18H23ClN2O5S. The zero-order valence-electron chi connectivity index (χ0n) is 14.9. The molecule has 0 spiro atoms. The largest absolute Gasteiger partial charge is 0.454 e. The van der Waals surface area contributed by atoms with Crippen molar-refractivity contribution >= 4 is 33.5 Å². The molecule has 1 unspecified atom stereocenters. The summed E-state index contributed by atoms with van der Waals surface area (Å²) >= 11 is 5.81. The van der Waals surface area contributed by atoms with E-state index in [-0.39, 0.29) is 30.0 Å². The van der Waals surface area contributed by atoms with E-state index < -0.39 is 22.0 Å². The van der Waals surface area contributed by atoms with Gasteiger partial charge in [-0.3, -0.25) is 9.59 Å². The highest BCUT2D eigenvalue weighted by Crippen LogP contribution is 2.27. The minimum absolute atomic E-state index is 0.0746. The lowest BCUT2D eigenvalue weighted by Crippen LogP contribution is -2.43. The molecule has 1 saturated heterocycles. The minimum Gasteiger partial charge on any atom is -0.454 e. The number of nitrogens with zero attached hydrogens (tertiary/aromatic N) is 1. The molecule has 0 aromatic heterocycles. The Kier molecular flexibility index (Phi) is 6.39. The maximum absolute atomic E-state index is 12.8. The molecule has 2 aliphatic rings. The van der Waals surface area contributed by atoms with Crippen LogP contribution in [0.1, 0.15) is 38.5 Å². The second-order valence-corrected chi connectivity index (χ2v) is 9.21. The van der Waals surface area contributed by atoms with Crippen molar-refractivity contribution in [3.05, 3.63) is 29.3 Å². The van der Waals surface area contributed by atoms with E-state index in [4.69, 9.17) is 16.3 Å². The summed E-state index contributed by atoms with van der Waals surface area (Å²) in [5.41, 5.74) is 0. The average Bonchev–Trinajstić information content (AvgIpc) is 3.32. The predicted molar refractivity (Wildman–Crippen MR) is 99.7 cm³/mol. The van der Waals surface area contributed by atoms with Crippen molar-refractivity contribution in [3.63, 3.8) is 0 Å². The van der Waals surface area contributed by atoms with Gasteiger partial charge in [0, 0.05) is 17.6 Å². The fraction of sp³-hybridized carbons (Fsp3) is 0.556. The number of carbonyl (C=O) groups excluding carboxylic acids is 2. The Morgan fingerprint density at radius 1 is 1.11 bits per heavy atom. The first-order valence-electron chi connectivity index (χ1n) is 9.11. The van der Waals surface area contributed by atoms with Crippen molar-refractivity contribution in [1.29, 1.82) is 0 Å². The maximum atomic E-state index is 12.8. The third-order valence-electron chi connectivity index (χ3n) is 4.96. The number of rotatable bonds is 6. The standard InChI is InChI=1S/C18H23ClN2O5S/c19-13-7-9-15(10-8-13)27(24,25)21-11-3-6-16(21)18(23)26-12-17(22)20-14-4-1-2-5-14/h7-10,14,16H,1-6,11-12H2,(H,20,22). The van der Waals surface area contributed by atoms with Crippen molar-refractivity contribution in [2.75, 3.05) is 13.2 Å². The molecule has 3 rings (SSSR count). The number of nitrogens with one attached hydrogen (secondary N) is 1. The smallest absolute Gasteiger partial charge is 0.324 e. The number of benzene rings is 1. The molecule has 1 N–H and O–H groups in total. The molecule has 0 radical (unpaired) electrons. The zero-order chi connectivity index (χ0) is 19.4. The van der Waals surface area contributed by atoms with E-state index >= 15 is 0 Å². The van der Waals surface area contributed by atoms with Crippen LogP contribution in [0, 0.1) is 0 Å². The van der Waals surface area contributed by atoms with Crippen LogP contribution in [-0.2, 0) is 24.3 Å². The van der Waals surface area contributed by atoms with Gasteiger partial charge in [-0.1, -0.05) is 24.4 Å². The van der Waals surface area contributed by atoms with E-state index in [9.17, 15) is 18.0 Å². The van der Waals surface area contributed by atoms with Crippen LogP contribution in [0.4, 0.5) is 0 Å². The topological polar surface area (TPSA) is 92.8 Å². The van der Waals surface area contributed by atoms with Gasteiger partial charge >= 0.3 is 5.97 Å². The van der Waals surface area contributed by atoms with E-state index in [1.54, 1.807) is 0 Å². The molecule has 1 heterocycles. The van der Waals surface area contributed by atoms with Crippen LogP contribution in [0.15, 0.2) is 29.2 Å². The van der Waals surface area contributed by atoms with Gasteiger partial charge in [0.25, 0.3) is 5.91 Å². The second-order valence-electron chi connectivity index (χ2n) is 6.88. The van der Waals surface area contributed by atoms with Crippen molar-refractivity contribution in [2.45, 2.75) is 55.5 Å². The molecule has 1 amide bonds. The van der Waals surface area contributed by atoms with Gasteiger partial charge in [-0.25, -0.2) is 8.42 Å². The van der Waals surface area contributed by atoms with Gasteiger partial charge in [0.05, 0.1) is 4.90 Å². The number of halogens is 1. The van der Waals surface area contributed by atoms with Crippen LogP contribution < -0.4 is 5.32 Å². The van der Waals surface area contributed by atoms with Crippen molar-refractivity contribution in [2.24, 2.45) is 0 Å². The second kappa shape index (κ2) is 8.58. The fourth-order valence-corrected chi connectivity index (χ4v) is 5.35. The number of sulfonamides is 1. The van der Waals surface area contributed by atoms with E-state index in [0.717, 1.165) is 30.0 Å². The quantitative estimate of drug-likeness (QED) is 0.719. The minimum atomic E-state index is -3.83.